The second-order valence-electron chi connectivity index (χ2n) is 8.05. The van der Waals surface area contributed by atoms with Crippen LogP contribution < -0.4 is 10.2 Å². The number of benzene rings is 1. The van der Waals surface area contributed by atoms with E-state index in [0.717, 1.165) is 57.2 Å². The first-order chi connectivity index (χ1) is 14.7. The average molecular weight is 410 g/mol. The number of rotatable bonds is 5. The van der Waals surface area contributed by atoms with E-state index in [9.17, 15) is 4.79 Å². The molecule has 3 heterocycles. The van der Waals surface area contributed by atoms with Crippen molar-refractivity contribution in [1.82, 2.24) is 30.0 Å². The van der Waals surface area contributed by atoms with E-state index in [2.05, 4.69) is 49.2 Å². The number of nitrogens with one attached hydrogen (secondary N) is 1. The summed E-state index contributed by atoms with van der Waals surface area (Å²) >= 11 is 0. The van der Waals surface area contributed by atoms with Crippen LogP contribution in [0, 0.1) is 0 Å². The number of hydrogen-bond acceptors (Lipinski definition) is 6. The van der Waals surface area contributed by atoms with Gasteiger partial charge in [-0.25, -0.2) is 9.78 Å². The van der Waals surface area contributed by atoms with E-state index in [0.29, 0.717) is 13.1 Å². The molecular formula is C22H31N7O. The molecule has 8 nitrogen and oxygen atoms in total. The largest absolute Gasteiger partial charge is 0.352 e. The first-order valence-electron chi connectivity index (χ1n) is 10.7. The predicted octanol–water partition coefficient (Wildman–Crippen LogP) is 1.30. The van der Waals surface area contributed by atoms with Gasteiger partial charge in [0.2, 0.25) is 0 Å². The summed E-state index contributed by atoms with van der Waals surface area (Å²) in [5.74, 6) is 0.870. The monoisotopic (exact) mass is 409 g/mol. The molecule has 0 bridgehead atoms. The molecule has 2 saturated heterocycles. The van der Waals surface area contributed by atoms with Gasteiger partial charge in [-0.3, -0.25) is 9.88 Å². The summed E-state index contributed by atoms with van der Waals surface area (Å²) in [7, 11) is 2.16. The lowest BCUT2D eigenvalue weighted by atomic mass is 10.1. The first-order valence-corrected chi connectivity index (χ1v) is 10.7. The van der Waals surface area contributed by atoms with Crippen molar-refractivity contribution in [1.29, 1.82) is 0 Å². The minimum atomic E-state index is -0.0138. The maximum atomic E-state index is 13.1. The molecule has 0 spiro atoms. The lowest BCUT2D eigenvalue weighted by Gasteiger charge is -2.37. The van der Waals surface area contributed by atoms with E-state index in [-0.39, 0.29) is 12.1 Å². The molecule has 160 valence electrons. The van der Waals surface area contributed by atoms with E-state index in [4.69, 9.17) is 0 Å². The van der Waals surface area contributed by atoms with Gasteiger partial charge in [0.15, 0.2) is 0 Å². The van der Waals surface area contributed by atoms with Crippen LogP contribution in [0.25, 0.3) is 0 Å². The Balaban J connectivity index is 1.36. The standard InChI is InChI=1S/C22H31N7O/c1-26-9-11-27(12-10-26)18-20(19-5-3-2-4-6-19)25-22(30)29-15-13-28(14-16-29)21-17-23-7-8-24-21/h2-8,17,20H,9-16,18H2,1H3,(H,25,30). The van der Waals surface area contributed by atoms with Gasteiger partial charge in [0.05, 0.1) is 12.2 Å². The molecule has 0 saturated carbocycles. The molecule has 2 amide bonds. The number of amides is 2. The predicted molar refractivity (Wildman–Crippen MR) is 117 cm³/mol. The van der Waals surface area contributed by atoms with Gasteiger partial charge in [0, 0.05) is 71.3 Å². The number of hydrogen-bond donors (Lipinski definition) is 1. The number of likely N-dealkylation sites (N-methyl/N-ethyl adjacent to an activating group) is 1. The average Bonchev–Trinajstić information content (AvgIpc) is 2.81. The van der Waals surface area contributed by atoms with Gasteiger partial charge in [-0.2, -0.15) is 0 Å². The van der Waals surface area contributed by atoms with E-state index in [1.807, 2.05) is 23.1 Å². The van der Waals surface area contributed by atoms with Gasteiger partial charge in [0.1, 0.15) is 5.82 Å². The lowest BCUT2D eigenvalue weighted by molar-refractivity contribution is 0.138. The molecule has 0 aliphatic carbocycles. The first kappa shape index (κ1) is 20.6. The van der Waals surface area contributed by atoms with Gasteiger partial charge in [-0.1, -0.05) is 30.3 Å². The number of carbonyl (C=O) groups is 1. The zero-order chi connectivity index (χ0) is 20.8. The van der Waals surface area contributed by atoms with Gasteiger partial charge in [-0.15, -0.1) is 0 Å². The molecule has 8 heteroatoms. The van der Waals surface area contributed by atoms with Crippen LogP contribution in [0.5, 0.6) is 0 Å². The summed E-state index contributed by atoms with van der Waals surface area (Å²) in [5.41, 5.74) is 1.16. The summed E-state index contributed by atoms with van der Waals surface area (Å²) < 4.78 is 0. The zero-order valence-corrected chi connectivity index (χ0v) is 17.7. The summed E-state index contributed by atoms with van der Waals surface area (Å²) in [5, 5.41) is 3.30. The minimum Gasteiger partial charge on any atom is -0.352 e. The Labute approximate surface area is 178 Å². The molecule has 1 atom stereocenters. The van der Waals surface area contributed by atoms with Crippen LogP contribution in [0.15, 0.2) is 48.9 Å². The van der Waals surface area contributed by atoms with Crippen LogP contribution in [0.3, 0.4) is 0 Å². The Bertz CT molecular complexity index is 788. The van der Waals surface area contributed by atoms with E-state index >= 15 is 0 Å². The third-order valence-corrected chi connectivity index (χ3v) is 5.98. The van der Waals surface area contributed by atoms with Gasteiger partial charge in [-0.05, 0) is 12.6 Å². The second-order valence-corrected chi connectivity index (χ2v) is 8.05. The fourth-order valence-corrected chi connectivity index (χ4v) is 4.04. The van der Waals surface area contributed by atoms with E-state index in [1.54, 1.807) is 18.6 Å². The molecule has 2 aliphatic rings. The minimum absolute atomic E-state index is 0.0109. The van der Waals surface area contributed by atoms with Crippen molar-refractivity contribution in [2.45, 2.75) is 6.04 Å². The van der Waals surface area contributed by atoms with Crippen LogP contribution >= 0.6 is 0 Å². The second kappa shape index (κ2) is 9.86. The summed E-state index contributed by atoms with van der Waals surface area (Å²) in [6.45, 7) is 7.93. The lowest BCUT2D eigenvalue weighted by Crippen LogP contribution is -2.54. The molecule has 0 radical (unpaired) electrons. The topological polar surface area (TPSA) is 67.8 Å². The normalized spacial score (nSPS) is 19.5. The highest BCUT2D eigenvalue weighted by Gasteiger charge is 2.26. The fraction of sp³-hybridized carbons (Fsp3) is 0.500. The number of piperazine rings is 2. The maximum absolute atomic E-state index is 13.1. The number of anilines is 1. The van der Waals surface area contributed by atoms with Crippen molar-refractivity contribution in [3.8, 4) is 0 Å². The van der Waals surface area contributed by atoms with Crippen molar-refractivity contribution < 1.29 is 4.79 Å². The molecule has 1 aromatic heterocycles. The Morgan fingerprint density at radius 2 is 1.73 bits per heavy atom. The van der Waals surface area contributed by atoms with E-state index < -0.39 is 0 Å². The maximum Gasteiger partial charge on any atom is 0.318 e. The molecule has 2 aromatic rings. The number of urea groups is 1. The number of aromatic nitrogens is 2. The van der Waals surface area contributed by atoms with Gasteiger partial charge < -0.3 is 20.0 Å². The van der Waals surface area contributed by atoms with Crippen molar-refractivity contribution in [2.24, 2.45) is 0 Å². The molecule has 2 fully saturated rings. The molecule has 1 N–H and O–H groups in total. The highest BCUT2D eigenvalue weighted by Crippen LogP contribution is 2.17. The summed E-state index contributed by atoms with van der Waals surface area (Å²) in [4.78, 5) is 30.5. The van der Waals surface area contributed by atoms with E-state index in [1.165, 1.54) is 0 Å². The quantitative estimate of drug-likeness (QED) is 0.803. The molecule has 1 aromatic carbocycles. The molecule has 1 unspecified atom stereocenters. The Kier molecular flexibility index (Phi) is 6.76. The Morgan fingerprint density at radius 1 is 1.00 bits per heavy atom. The Morgan fingerprint density at radius 3 is 2.40 bits per heavy atom. The van der Waals surface area contributed by atoms with Crippen LogP contribution in [-0.4, -0.2) is 96.6 Å². The fourth-order valence-electron chi connectivity index (χ4n) is 4.04. The van der Waals surface area contributed by atoms with Crippen molar-refractivity contribution in [3.63, 3.8) is 0 Å². The van der Waals surface area contributed by atoms with Crippen LogP contribution in [-0.2, 0) is 0 Å². The van der Waals surface area contributed by atoms with Crippen molar-refractivity contribution in [3.05, 3.63) is 54.5 Å². The Hall–Kier alpha value is -2.71. The van der Waals surface area contributed by atoms with Gasteiger partial charge >= 0.3 is 6.03 Å². The highest BCUT2D eigenvalue weighted by atomic mass is 16.2. The number of nitrogens with zero attached hydrogens (tertiary/aromatic N) is 6. The summed E-state index contributed by atoms with van der Waals surface area (Å²) in [6.07, 6.45) is 5.16. The van der Waals surface area contributed by atoms with Crippen LogP contribution in [0.1, 0.15) is 11.6 Å². The van der Waals surface area contributed by atoms with Crippen LogP contribution in [0.2, 0.25) is 0 Å². The van der Waals surface area contributed by atoms with Crippen molar-refractivity contribution >= 4 is 11.8 Å². The van der Waals surface area contributed by atoms with Crippen molar-refractivity contribution in [2.75, 3.05) is 70.9 Å². The highest BCUT2D eigenvalue weighted by molar-refractivity contribution is 5.75. The zero-order valence-electron chi connectivity index (χ0n) is 17.7. The summed E-state index contributed by atoms with van der Waals surface area (Å²) in [6, 6.07) is 10.3. The van der Waals surface area contributed by atoms with Crippen LogP contribution in [0.4, 0.5) is 10.6 Å². The SMILES string of the molecule is CN1CCN(CC(NC(=O)N2CCN(c3cnccn3)CC2)c2ccccc2)CC1. The molecule has 30 heavy (non-hydrogen) atoms. The third kappa shape index (κ3) is 5.25. The molecular weight excluding hydrogens is 378 g/mol. The smallest absolute Gasteiger partial charge is 0.318 e. The number of carbonyl (C=O) groups excluding carboxylic acids is 1. The molecule has 4 rings (SSSR count). The third-order valence-electron chi connectivity index (χ3n) is 5.98. The van der Waals surface area contributed by atoms with Gasteiger partial charge in [0.25, 0.3) is 0 Å². The molecule has 2 aliphatic heterocycles.